The summed E-state index contributed by atoms with van der Waals surface area (Å²) in [5, 5.41) is 2.54. The van der Waals surface area contributed by atoms with E-state index < -0.39 is 0 Å². The molecule has 1 heterocycles. The highest BCUT2D eigenvalue weighted by atomic mass is 16.2. The normalized spacial score (nSPS) is 18.6. The Morgan fingerprint density at radius 2 is 2.62 bits per heavy atom. The third-order valence-electron chi connectivity index (χ3n) is 1.05. The van der Waals surface area contributed by atoms with E-state index in [1.54, 1.807) is 18.1 Å². The molecule has 0 atom stereocenters. The van der Waals surface area contributed by atoms with E-state index in [-0.39, 0.29) is 6.03 Å². The first kappa shape index (κ1) is 5.15. The standard InChI is InChI=1S/C5H8N2O/c1-7-4-2-3-6-5(7)8/h2-3H,4H2,1H3,(H,6,8). The van der Waals surface area contributed by atoms with Crippen molar-refractivity contribution in [1.82, 2.24) is 10.2 Å². The lowest BCUT2D eigenvalue weighted by Gasteiger charge is -2.17. The van der Waals surface area contributed by atoms with Crippen LogP contribution in [0.4, 0.5) is 4.79 Å². The third kappa shape index (κ3) is 0.804. The number of rotatable bonds is 0. The Morgan fingerprint density at radius 3 is 3.00 bits per heavy atom. The van der Waals surface area contributed by atoms with Crippen molar-refractivity contribution in [2.45, 2.75) is 0 Å². The fraction of sp³-hybridized carbons (Fsp3) is 0.400. The lowest BCUT2D eigenvalue weighted by molar-refractivity contribution is 0.214. The van der Waals surface area contributed by atoms with Crippen LogP contribution in [0.3, 0.4) is 0 Å². The van der Waals surface area contributed by atoms with Crippen molar-refractivity contribution in [1.29, 1.82) is 0 Å². The molecule has 3 nitrogen and oxygen atoms in total. The molecule has 1 aliphatic rings. The van der Waals surface area contributed by atoms with Crippen LogP contribution >= 0.6 is 0 Å². The molecule has 44 valence electrons. The number of amides is 2. The average molecular weight is 112 g/mol. The molecule has 0 saturated carbocycles. The minimum Gasteiger partial charge on any atom is -0.324 e. The van der Waals surface area contributed by atoms with Gasteiger partial charge in [-0.25, -0.2) is 4.79 Å². The number of carbonyl (C=O) groups is 1. The molecule has 0 unspecified atom stereocenters. The molecule has 1 rings (SSSR count). The summed E-state index contributed by atoms with van der Waals surface area (Å²) in [4.78, 5) is 12.2. The molecule has 1 N–H and O–H groups in total. The molecule has 0 fully saturated rings. The van der Waals surface area contributed by atoms with E-state index in [0.29, 0.717) is 6.54 Å². The summed E-state index contributed by atoms with van der Waals surface area (Å²) in [5.74, 6) is 0. The van der Waals surface area contributed by atoms with Gasteiger partial charge in [-0.3, -0.25) is 0 Å². The number of carbonyl (C=O) groups excluding carboxylic acids is 1. The second-order valence-corrected chi connectivity index (χ2v) is 1.73. The summed E-state index contributed by atoms with van der Waals surface area (Å²) in [6, 6.07) is -0.0347. The van der Waals surface area contributed by atoms with Gasteiger partial charge in [-0.15, -0.1) is 0 Å². The minimum atomic E-state index is -0.0347. The number of hydrogen-bond acceptors (Lipinski definition) is 1. The largest absolute Gasteiger partial charge is 0.324 e. The molecule has 0 radical (unpaired) electrons. The van der Waals surface area contributed by atoms with Crippen molar-refractivity contribution in [3.05, 3.63) is 12.3 Å². The Hall–Kier alpha value is -0.990. The van der Waals surface area contributed by atoms with Crippen LogP contribution in [0, 0.1) is 0 Å². The number of urea groups is 1. The van der Waals surface area contributed by atoms with E-state index >= 15 is 0 Å². The number of nitrogens with zero attached hydrogens (tertiary/aromatic N) is 1. The number of hydrogen-bond donors (Lipinski definition) is 1. The Kier molecular flexibility index (Phi) is 1.20. The maximum absolute atomic E-state index is 10.6. The van der Waals surface area contributed by atoms with Gasteiger partial charge >= 0.3 is 6.03 Å². The Morgan fingerprint density at radius 1 is 1.88 bits per heavy atom. The highest BCUT2D eigenvalue weighted by Gasteiger charge is 2.06. The van der Waals surface area contributed by atoms with Crippen LogP contribution in [0.5, 0.6) is 0 Å². The molecule has 2 amide bonds. The molecule has 8 heavy (non-hydrogen) atoms. The van der Waals surface area contributed by atoms with Gasteiger partial charge in [-0.05, 0) is 6.08 Å². The highest BCUT2D eigenvalue weighted by molar-refractivity contribution is 5.75. The van der Waals surface area contributed by atoms with E-state index in [2.05, 4.69) is 5.32 Å². The Bertz CT molecular complexity index is 130. The Labute approximate surface area is 48.0 Å². The topological polar surface area (TPSA) is 32.3 Å². The van der Waals surface area contributed by atoms with Gasteiger partial charge in [0.25, 0.3) is 0 Å². The SMILES string of the molecule is CN1CC=CNC1=O. The van der Waals surface area contributed by atoms with Crippen LogP contribution < -0.4 is 5.32 Å². The van der Waals surface area contributed by atoms with Crippen molar-refractivity contribution in [3.63, 3.8) is 0 Å². The summed E-state index contributed by atoms with van der Waals surface area (Å²) >= 11 is 0. The van der Waals surface area contributed by atoms with Crippen LogP contribution in [0.2, 0.25) is 0 Å². The van der Waals surface area contributed by atoms with E-state index in [4.69, 9.17) is 0 Å². The quantitative estimate of drug-likeness (QED) is 0.475. The predicted octanol–water partition coefficient (Wildman–Crippen LogP) is 0.155. The smallest absolute Gasteiger partial charge is 0.321 e. The van der Waals surface area contributed by atoms with Gasteiger partial charge < -0.3 is 10.2 Å². The second kappa shape index (κ2) is 1.86. The second-order valence-electron chi connectivity index (χ2n) is 1.73. The highest BCUT2D eigenvalue weighted by Crippen LogP contribution is 1.89. The van der Waals surface area contributed by atoms with Crippen LogP contribution in [0.15, 0.2) is 12.3 Å². The van der Waals surface area contributed by atoms with Crippen molar-refractivity contribution in [2.75, 3.05) is 13.6 Å². The lowest BCUT2D eigenvalue weighted by Crippen LogP contribution is -2.37. The number of likely N-dealkylation sites (N-methyl/N-ethyl adjacent to an activating group) is 1. The monoisotopic (exact) mass is 112 g/mol. The van der Waals surface area contributed by atoms with Gasteiger partial charge in [0.2, 0.25) is 0 Å². The van der Waals surface area contributed by atoms with E-state index in [1.807, 2.05) is 6.08 Å². The first-order valence-corrected chi connectivity index (χ1v) is 2.47. The zero-order chi connectivity index (χ0) is 5.98. The van der Waals surface area contributed by atoms with Crippen LogP contribution in [-0.2, 0) is 0 Å². The maximum Gasteiger partial charge on any atom is 0.321 e. The van der Waals surface area contributed by atoms with Gasteiger partial charge in [0.05, 0.1) is 0 Å². The fourth-order valence-corrected chi connectivity index (χ4v) is 0.534. The molecule has 0 bridgehead atoms. The van der Waals surface area contributed by atoms with Gasteiger partial charge in [0.15, 0.2) is 0 Å². The molecular weight excluding hydrogens is 104 g/mol. The zero-order valence-corrected chi connectivity index (χ0v) is 4.72. The summed E-state index contributed by atoms with van der Waals surface area (Å²) in [5.41, 5.74) is 0. The van der Waals surface area contributed by atoms with Crippen molar-refractivity contribution >= 4 is 6.03 Å². The van der Waals surface area contributed by atoms with E-state index in [9.17, 15) is 4.79 Å². The molecule has 0 aromatic rings. The maximum atomic E-state index is 10.6. The first-order chi connectivity index (χ1) is 3.80. The van der Waals surface area contributed by atoms with E-state index in [1.165, 1.54) is 0 Å². The number of nitrogens with one attached hydrogen (secondary N) is 1. The van der Waals surface area contributed by atoms with Crippen molar-refractivity contribution in [2.24, 2.45) is 0 Å². The predicted molar refractivity (Wildman–Crippen MR) is 30.3 cm³/mol. The third-order valence-corrected chi connectivity index (χ3v) is 1.05. The van der Waals surface area contributed by atoms with Crippen LogP contribution in [0.25, 0.3) is 0 Å². The molecule has 0 aliphatic carbocycles. The molecule has 0 spiro atoms. The minimum absolute atomic E-state index is 0.0347. The first-order valence-electron chi connectivity index (χ1n) is 2.47. The molecule has 0 aromatic heterocycles. The van der Waals surface area contributed by atoms with Gasteiger partial charge in [0.1, 0.15) is 0 Å². The average Bonchev–Trinajstić information content (AvgIpc) is 1.77. The Balaban J connectivity index is 2.57. The fourth-order valence-electron chi connectivity index (χ4n) is 0.534. The van der Waals surface area contributed by atoms with Gasteiger partial charge in [-0.1, -0.05) is 0 Å². The van der Waals surface area contributed by atoms with Gasteiger partial charge in [-0.2, -0.15) is 0 Å². The van der Waals surface area contributed by atoms with Crippen molar-refractivity contribution in [3.8, 4) is 0 Å². The molecule has 0 saturated heterocycles. The van der Waals surface area contributed by atoms with Gasteiger partial charge in [0, 0.05) is 19.8 Å². The van der Waals surface area contributed by atoms with Crippen LogP contribution in [0.1, 0.15) is 0 Å². The molecule has 3 heteroatoms. The summed E-state index contributed by atoms with van der Waals surface area (Å²) in [7, 11) is 1.75. The summed E-state index contributed by atoms with van der Waals surface area (Å²) < 4.78 is 0. The summed E-state index contributed by atoms with van der Waals surface area (Å²) in [6.45, 7) is 0.714. The van der Waals surface area contributed by atoms with Crippen LogP contribution in [-0.4, -0.2) is 24.5 Å². The molecular formula is C5H8N2O. The van der Waals surface area contributed by atoms with Crippen molar-refractivity contribution < 1.29 is 4.79 Å². The van der Waals surface area contributed by atoms with E-state index in [0.717, 1.165) is 0 Å². The zero-order valence-electron chi connectivity index (χ0n) is 4.72. The molecule has 0 aromatic carbocycles. The molecule has 1 aliphatic heterocycles. The summed E-state index contributed by atoms with van der Waals surface area (Å²) in [6.07, 6.45) is 3.55. The lowest BCUT2D eigenvalue weighted by atomic mass is 10.5.